The second-order valence-electron chi connectivity index (χ2n) is 17.1. The number of pyridine rings is 1. The third kappa shape index (κ3) is 7.23. The predicted molar refractivity (Wildman–Crippen MR) is 209 cm³/mol. The molecule has 298 valence electrons. The van der Waals surface area contributed by atoms with Crippen LogP contribution in [-0.4, -0.2) is 81.9 Å². The van der Waals surface area contributed by atoms with Crippen molar-refractivity contribution in [2.75, 3.05) is 26.0 Å². The molecule has 0 spiro atoms. The van der Waals surface area contributed by atoms with Crippen LogP contribution in [0.15, 0.2) is 84.7 Å². The van der Waals surface area contributed by atoms with Crippen molar-refractivity contribution in [1.29, 1.82) is 0 Å². The molecule has 0 saturated heterocycles. The third-order valence-corrected chi connectivity index (χ3v) is 13.5. The maximum atomic E-state index is 13.5. The van der Waals surface area contributed by atoms with E-state index in [0.717, 1.165) is 33.9 Å². The van der Waals surface area contributed by atoms with Crippen LogP contribution in [0.25, 0.3) is 10.8 Å². The first-order valence-corrected chi connectivity index (χ1v) is 19.9. The molecule has 0 bridgehead atoms. The van der Waals surface area contributed by atoms with Gasteiger partial charge in [-0.1, -0.05) is 48.9 Å². The minimum atomic E-state index is -1.41. The van der Waals surface area contributed by atoms with Gasteiger partial charge < -0.3 is 25.0 Å². The van der Waals surface area contributed by atoms with E-state index in [2.05, 4.69) is 17.2 Å². The number of rotatable bonds is 11. The van der Waals surface area contributed by atoms with Gasteiger partial charge in [-0.15, -0.1) is 0 Å². The van der Waals surface area contributed by atoms with Crippen LogP contribution >= 0.6 is 0 Å². The molecule has 5 unspecified atom stereocenters. The van der Waals surface area contributed by atoms with Crippen LogP contribution in [-0.2, 0) is 40.1 Å². The van der Waals surface area contributed by atoms with E-state index in [1.54, 1.807) is 36.7 Å². The van der Waals surface area contributed by atoms with E-state index >= 15 is 0 Å². The van der Waals surface area contributed by atoms with Crippen LogP contribution in [0.1, 0.15) is 62.6 Å². The van der Waals surface area contributed by atoms with Gasteiger partial charge in [0.1, 0.15) is 19.3 Å². The van der Waals surface area contributed by atoms with E-state index in [9.17, 15) is 34.2 Å². The van der Waals surface area contributed by atoms with E-state index in [-0.39, 0.29) is 54.7 Å². The molecule has 57 heavy (non-hydrogen) atoms. The Bertz CT molecular complexity index is 2180. The lowest BCUT2D eigenvalue weighted by molar-refractivity contribution is -0.176. The Balaban J connectivity index is 0.808. The van der Waals surface area contributed by atoms with Gasteiger partial charge in [0.15, 0.2) is 11.6 Å². The molecule has 12 nitrogen and oxygen atoms in total. The highest BCUT2D eigenvalue weighted by molar-refractivity contribution is 6.01. The highest BCUT2D eigenvalue weighted by Crippen LogP contribution is 2.63. The largest absolute Gasteiger partial charge is 0.461 e. The summed E-state index contributed by atoms with van der Waals surface area (Å²) in [5.74, 6) is -4.31. The summed E-state index contributed by atoms with van der Waals surface area (Å²) in [5, 5.41) is 28.4. The topological polar surface area (TPSA) is 172 Å². The van der Waals surface area contributed by atoms with E-state index in [1.165, 1.54) is 0 Å². The molecule has 12 heteroatoms. The van der Waals surface area contributed by atoms with Crippen molar-refractivity contribution >= 4 is 45.9 Å². The molecule has 3 aromatic rings. The molecule has 1 heterocycles. The van der Waals surface area contributed by atoms with Crippen LogP contribution < -0.4 is 5.32 Å². The number of carbonyl (C=O) groups is 5. The maximum Gasteiger partial charge on any atom is 0.310 e. The van der Waals surface area contributed by atoms with Gasteiger partial charge in [-0.25, -0.2) is 0 Å². The number of ketones is 2. The van der Waals surface area contributed by atoms with Crippen molar-refractivity contribution in [3.05, 3.63) is 95.9 Å². The predicted octanol–water partition coefficient (Wildman–Crippen LogP) is 4.89. The lowest BCUT2D eigenvalue weighted by atomic mass is 9.49. The Hall–Kier alpha value is -5.04. The minimum absolute atomic E-state index is 0.0130. The standard InChI is InChI=1S/C45H49N3O9/c1-44-16-14-31(49)19-29(44)9-11-32-35-12-13-36(45(35,55)21-37(50)39(32)44)38(51)24-57-43(54)34-20-33(34)42(53)56-23-25-4-6-26(7-5-25)40(48(2)3)41(52)47-30-10-8-28-22-46-17-15-27(28)18-30/h4-8,10,14-19,22,32-37,39-40,50,55H,9,11-13,20-21,23-24H2,1-3H3,(H,47,52)/t32-,33?,34?,35?,36+,37-,39?,40?,44-,45+/m0/s1. The number of aliphatic hydroxyl groups is 2. The molecule has 4 saturated carbocycles. The number of likely N-dealkylation sites (N-methyl/N-ethyl adjacent to an activating group) is 1. The smallest absolute Gasteiger partial charge is 0.310 e. The van der Waals surface area contributed by atoms with Crippen molar-refractivity contribution in [3.8, 4) is 0 Å². The van der Waals surface area contributed by atoms with Gasteiger partial charge in [0.2, 0.25) is 5.91 Å². The number of Topliss-reactive ketones (excluding diaryl/α,β-unsaturated/α-hetero) is 1. The fourth-order valence-electron chi connectivity index (χ4n) is 10.6. The van der Waals surface area contributed by atoms with Crippen molar-refractivity contribution in [3.63, 3.8) is 0 Å². The van der Waals surface area contributed by atoms with Crippen LogP contribution in [0.2, 0.25) is 0 Å². The molecule has 3 N–H and O–H groups in total. The Kier molecular flexibility index (Phi) is 10.2. The highest BCUT2D eigenvalue weighted by Gasteiger charge is 2.64. The first-order chi connectivity index (χ1) is 27.3. The molecular weight excluding hydrogens is 727 g/mol. The number of hydrogen-bond acceptors (Lipinski definition) is 11. The minimum Gasteiger partial charge on any atom is -0.461 e. The molecule has 0 radical (unpaired) electrons. The summed E-state index contributed by atoms with van der Waals surface area (Å²) >= 11 is 0. The Morgan fingerprint density at radius 1 is 0.982 bits per heavy atom. The fraction of sp³-hybridized carbons (Fsp3) is 0.467. The second-order valence-corrected chi connectivity index (χ2v) is 17.1. The first kappa shape index (κ1) is 38.8. The molecule has 0 aliphatic heterocycles. The second kappa shape index (κ2) is 15.0. The summed E-state index contributed by atoms with van der Waals surface area (Å²) in [6.45, 7) is 1.54. The number of anilines is 1. The molecular formula is C45H49N3O9. The zero-order valence-corrected chi connectivity index (χ0v) is 32.4. The zero-order valence-electron chi connectivity index (χ0n) is 32.4. The summed E-state index contributed by atoms with van der Waals surface area (Å²) in [6, 6.07) is 14.2. The summed E-state index contributed by atoms with van der Waals surface area (Å²) in [5.41, 5.74) is 1.29. The number of aliphatic hydroxyl groups excluding tert-OH is 1. The van der Waals surface area contributed by atoms with Crippen molar-refractivity contribution in [2.24, 2.45) is 40.9 Å². The maximum absolute atomic E-state index is 13.5. The fourth-order valence-corrected chi connectivity index (χ4v) is 10.6. The lowest BCUT2D eigenvalue weighted by Crippen LogP contribution is -2.60. The number of aromatic nitrogens is 1. The lowest BCUT2D eigenvalue weighted by Gasteiger charge is -2.57. The van der Waals surface area contributed by atoms with Gasteiger partial charge in [-0.2, -0.15) is 0 Å². The van der Waals surface area contributed by atoms with Crippen LogP contribution in [0.3, 0.4) is 0 Å². The number of esters is 2. The molecule has 8 rings (SSSR count). The van der Waals surface area contributed by atoms with E-state index in [1.807, 2.05) is 61.5 Å². The number of amides is 1. The zero-order chi connectivity index (χ0) is 40.2. The van der Waals surface area contributed by atoms with Gasteiger partial charge in [-0.05, 0) is 105 Å². The van der Waals surface area contributed by atoms with Gasteiger partial charge >= 0.3 is 11.9 Å². The SMILES string of the molecule is CN(C)C(C(=O)Nc1ccc2cnccc2c1)c1ccc(COC(=O)C2CC2C(=O)OCC(=O)[C@H]2CCC3[C@@H]4CCC5=CC(=O)C=C[C@]5(C)C4[C@@H](O)C[C@@]32O)cc1. The number of fused-ring (bicyclic) bond motifs is 6. The normalized spacial score (nSPS) is 31.7. The number of nitrogens with one attached hydrogen (secondary N) is 1. The molecule has 4 fully saturated rings. The molecule has 5 aliphatic rings. The first-order valence-electron chi connectivity index (χ1n) is 19.9. The number of hydrogen-bond donors (Lipinski definition) is 3. The molecule has 1 amide bonds. The quantitative estimate of drug-likeness (QED) is 0.227. The number of carbonyl (C=O) groups excluding carboxylic acids is 5. The molecule has 5 aliphatic carbocycles. The summed E-state index contributed by atoms with van der Waals surface area (Å²) in [7, 11) is 3.65. The molecule has 1 aromatic heterocycles. The van der Waals surface area contributed by atoms with Crippen molar-refractivity contribution in [1.82, 2.24) is 9.88 Å². The Morgan fingerprint density at radius 2 is 1.74 bits per heavy atom. The van der Waals surface area contributed by atoms with Crippen molar-refractivity contribution < 1.29 is 43.7 Å². The van der Waals surface area contributed by atoms with Gasteiger partial charge in [0.25, 0.3) is 0 Å². The summed E-state index contributed by atoms with van der Waals surface area (Å²) in [6.07, 6.45) is 10.6. The average molecular weight is 776 g/mol. The van der Waals surface area contributed by atoms with Gasteiger partial charge in [-0.3, -0.25) is 33.9 Å². The van der Waals surface area contributed by atoms with E-state index in [0.29, 0.717) is 24.9 Å². The van der Waals surface area contributed by atoms with Crippen LogP contribution in [0, 0.1) is 40.9 Å². The average Bonchev–Trinajstić information content (AvgIpc) is 3.91. The summed E-state index contributed by atoms with van der Waals surface area (Å²) in [4.78, 5) is 70.7. The highest BCUT2D eigenvalue weighted by atomic mass is 16.5. The van der Waals surface area contributed by atoms with Crippen molar-refractivity contribution in [2.45, 2.75) is 69.8 Å². The van der Waals surface area contributed by atoms with E-state index in [4.69, 9.17) is 9.47 Å². The van der Waals surface area contributed by atoms with Crippen LogP contribution in [0.4, 0.5) is 5.69 Å². The Labute approximate surface area is 331 Å². The van der Waals surface area contributed by atoms with Gasteiger partial charge in [0, 0.05) is 41.2 Å². The monoisotopic (exact) mass is 775 g/mol. The number of nitrogens with zero attached hydrogens (tertiary/aromatic N) is 2. The Morgan fingerprint density at radius 3 is 2.49 bits per heavy atom. The number of benzene rings is 2. The van der Waals surface area contributed by atoms with Crippen LogP contribution in [0.5, 0.6) is 0 Å². The third-order valence-electron chi connectivity index (χ3n) is 13.5. The van der Waals surface area contributed by atoms with E-state index < -0.39 is 59.5 Å². The summed E-state index contributed by atoms with van der Waals surface area (Å²) < 4.78 is 10.9. The number of allylic oxidation sites excluding steroid dienone is 4. The molecule has 2 aromatic carbocycles. The molecule has 10 atom stereocenters. The van der Waals surface area contributed by atoms with Gasteiger partial charge in [0.05, 0.1) is 29.5 Å². The number of ether oxygens (including phenoxy) is 2.